The number of esters is 1. The lowest BCUT2D eigenvalue weighted by atomic mass is 10.5. The summed E-state index contributed by atoms with van der Waals surface area (Å²) in [5.41, 5.74) is 0. The number of carbonyl (C=O) groups is 2. The highest BCUT2D eigenvalue weighted by Gasteiger charge is 2.34. The van der Waals surface area contributed by atoms with E-state index in [0.29, 0.717) is 4.48 Å². The summed E-state index contributed by atoms with van der Waals surface area (Å²) in [4.78, 5) is 21.5. The second-order valence-corrected chi connectivity index (χ2v) is 3.62. The van der Waals surface area contributed by atoms with E-state index in [9.17, 15) is 9.59 Å². The molecule has 1 aliphatic rings. The van der Waals surface area contributed by atoms with Crippen molar-refractivity contribution in [2.24, 2.45) is 0 Å². The Balaban J connectivity index is 2.66. The minimum Gasteiger partial charge on any atom is -0.438 e. The predicted octanol–water partition coefficient (Wildman–Crippen LogP) is 1.65. The summed E-state index contributed by atoms with van der Waals surface area (Å²) in [5, 5.41) is 0. The first kappa shape index (κ1) is 10.5. The second-order valence-electron chi connectivity index (χ2n) is 1.97. The number of ether oxygens (including phenoxy) is 3. The van der Waals surface area contributed by atoms with Gasteiger partial charge >= 0.3 is 12.1 Å². The van der Waals surface area contributed by atoms with Crippen LogP contribution in [0.15, 0.2) is 8.96 Å². The fourth-order valence-corrected chi connectivity index (χ4v) is 1.24. The van der Waals surface area contributed by atoms with Crippen LogP contribution in [0.5, 0.6) is 0 Å². The Kier molecular flexibility index (Phi) is 3.32. The number of rotatable bonds is 1. The zero-order valence-corrected chi connectivity index (χ0v) is 9.55. The number of cyclic esters (lactones) is 1. The lowest BCUT2D eigenvalue weighted by molar-refractivity contribution is -0.153. The molecule has 1 aliphatic heterocycles. The van der Waals surface area contributed by atoms with Gasteiger partial charge in [-0.25, -0.2) is 9.59 Å². The molecule has 1 unspecified atom stereocenters. The first-order valence-electron chi connectivity index (χ1n) is 3.07. The molecule has 7 heteroatoms. The maximum atomic E-state index is 10.9. The first-order valence-corrected chi connectivity index (χ1v) is 4.65. The average Bonchev–Trinajstić information content (AvgIpc) is 2.34. The Labute approximate surface area is 90.3 Å². The van der Waals surface area contributed by atoms with Crippen LogP contribution in [0, 0.1) is 0 Å². The summed E-state index contributed by atoms with van der Waals surface area (Å²) in [6, 6.07) is 0. The van der Waals surface area contributed by atoms with Crippen LogP contribution in [0.25, 0.3) is 0 Å². The van der Waals surface area contributed by atoms with Gasteiger partial charge in [0, 0.05) is 0 Å². The highest BCUT2D eigenvalue weighted by Crippen LogP contribution is 2.32. The number of carbonyl (C=O) groups excluding carboxylic acids is 2. The van der Waals surface area contributed by atoms with E-state index in [4.69, 9.17) is 0 Å². The molecule has 1 rings (SSSR count). The Hall–Kier alpha value is -0.560. The van der Waals surface area contributed by atoms with E-state index < -0.39 is 18.4 Å². The van der Waals surface area contributed by atoms with Crippen molar-refractivity contribution in [1.29, 1.82) is 0 Å². The fourth-order valence-electron chi connectivity index (χ4n) is 0.613. The van der Waals surface area contributed by atoms with Crippen molar-refractivity contribution in [3.63, 3.8) is 0 Å². The molecule has 0 saturated carbocycles. The molecule has 0 spiro atoms. The van der Waals surface area contributed by atoms with Gasteiger partial charge in [-0.2, -0.15) is 0 Å². The van der Waals surface area contributed by atoms with Crippen LogP contribution >= 0.6 is 31.9 Å². The summed E-state index contributed by atoms with van der Waals surface area (Å²) in [5.74, 6) is -0.597. The van der Waals surface area contributed by atoms with Crippen LogP contribution < -0.4 is 0 Å². The van der Waals surface area contributed by atoms with Crippen LogP contribution in [-0.2, 0) is 19.0 Å². The van der Waals surface area contributed by atoms with E-state index in [0.717, 1.165) is 7.11 Å². The molecule has 0 aromatic rings. The SMILES string of the molecule is COC(=O)OC1OC(=O)C(Br)=C1Br. The molecular weight excluding hydrogens is 312 g/mol. The Morgan fingerprint density at radius 1 is 1.54 bits per heavy atom. The van der Waals surface area contributed by atoms with E-state index in [2.05, 4.69) is 46.1 Å². The summed E-state index contributed by atoms with van der Waals surface area (Å²) in [7, 11) is 1.16. The topological polar surface area (TPSA) is 61.8 Å². The van der Waals surface area contributed by atoms with Gasteiger partial charge < -0.3 is 14.2 Å². The maximum Gasteiger partial charge on any atom is 0.511 e. The largest absolute Gasteiger partial charge is 0.511 e. The van der Waals surface area contributed by atoms with E-state index >= 15 is 0 Å². The van der Waals surface area contributed by atoms with Gasteiger partial charge in [-0.3, -0.25) is 0 Å². The van der Waals surface area contributed by atoms with E-state index in [1.807, 2.05) is 0 Å². The van der Waals surface area contributed by atoms with Crippen LogP contribution in [0.4, 0.5) is 4.79 Å². The zero-order valence-electron chi connectivity index (χ0n) is 6.37. The molecule has 0 fully saturated rings. The molecule has 72 valence electrons. The molecule has 1 atom stereocenters. The predicted molar refractivity (Wildman–Crippen MR) is 48.2 cm³/mol. The van der Waals surface area contributed by atoms with E-state index in [1.54, 1.807) is 0 Å². The molecular formula is C6H4Br2O5. The van der Waals surface area contributed by atoms with Crippen molar-refractivity contribution in [2.45, 2.75) is 6.29 Å². The number of methoxy groups -OCH3 is 1. The average molecular weight is 316 g/mol. The maximum absolute atomic E-state index is 10.9. The minimum absolute atomic E-state index is 0.196. The number of hydrogen-bond acceptors (Lipinski definition) is 5. The highest BCUT2D eigenvalue weighted by atomic mass is 79.9. The molecule has 0 aromatic heterocycles. The van der Waals surface area contributed by atoms with Crippen LogP contribution in [-0.4, -0.2) is 25.5 Å². The third-order valence-corrected chi connectivity index (χ3v) is 3.23. The molecule has 0 radical (unpaired) electrons. The molecule has 0 bridgehead atoms. The van der Waals surface area contributed by atoms with E-state index in [1.165, 1.54) is 0 Å². The minimum atomic E-state index is -1.06. The van der Waals surface area contributed by atoms with Gasteiger partial charge in [0.2, 0.25) is 0 Å². The summed E-state index contributed by atoms with van der Waals surface area (Å²) in [6.07, 6.45) is -1.98. The van der Waals surface area contributed by atoms with Crippen LogP contribution in [0.3, 0.4) is 0 Å². The van der Waals surface area contributed by atoms with Crippen molar-refractivity contribution in [2.75, 3.05) is 7.11 Å². The van der Waals surface area contributed by atoms with Gasteiger partial charge in [0.25, 0.3) is 6.29 Å². The van der Waals surface area contributed by atoms with Gasteiger partial charge in [-0.15, -0.1) is 0 Å². The molecule has 0 aliphatic carbocycles. The molecule has 13 heavy (non-hydrogen) atoms. The van der Waals surface area contributed by atoms with Crippen molar-refractivity contribution < 1.29 is 23.8 Å². The Bertz CT molecular complexity index is 285. The van der Waals surface area contributed by atoms with Crippen molar-refractivity contribution in [1.82, 2.24) is 0 Å². The van der Waals surface area contributed by atoms with Crippen molar-refractivity contribution in [3.8, 4) is 0 Å². The second kappa shape index (κ2) is 4.10. The molecule has 0 aromatic carbocycles. The number of halogens is 2. The fraction of sp³-hybridized carbons (Fsp3) is 0.333. The summed E-state index contributed by atoms with van der Waals surface area (Å²) >= 11 is 5.97. The highest BCUT2D eigenvalue weighted by molar-refractivity contribution is 9.14. The van der Waals surface area contributed by atoms with Gasteiger partial charge in [0.05, 0.1) is 11.6 Å². The standard InChI is InChI=1S/C6H4Br2O5/c1-11-6(10)13-5-3(8)2(7)4(9)12-5/h5H,1H3. The monoisotopic (exact) mass is 314 g/mol. The molecule has 0 saturated heterocycles. The van der Waals surface area contributed by atoms with E-state index in [-0.39, 0.29) is 4.48 Å². The first-order chi connectivity index (χ1) is 6.06. The summed E-state index contributed by atoms with van der Waals surface area (Å²) < 4.78 is 13.9. The third kappa shape index (κ3) is 2.22. The van der Waals surface area contributed by atoms with Gasteiger partial charge in [0.15, 0.2) is 0 Å². The molecule has 0 N–H and O–H groups in total. The lowest BCUT2D eigenvalue weighted by Crippen LogP contribution is -2.19. The molecule has 5 nitrogen and oxygen atoms in total. The van der Waals surface area contributed by atoms with Gasteiger partial charge in [-0.1, -0.05) is 0 Å². The van der Waals surface area contributed by atoms with Crippen LogP contribution in [0.2, 0.25) is 0 Å². The molecule has 1 heterocycles. The smallest absolute Gasteiger partial charge is 0.438 e. The molecule has 0 amide bonds. The van der Waals surface area contributed by atoms with Gasteiger partial charge in [-0.05, 0) is 31.9 Å². The normalized spacial score (nSPS) is 21.5. The zero-order chi connectivity index (χ0) is 10.0. The van der Waals surface area contributed by atoms with Crippen molar-refractivity contribution in [3.05, 3.63) is 8.96 Å². The van der Waals surface area contributed by atoms with Crippen molar-refractivity contribution >= 4 is 44.0 Å². The lowest BCUT2D eigenvalue weighted by Gasteiger charge is -2.09. The Morgan fingerprint density at radius 2 is 2.15 bits per heavy atom. The Morgan fingerprint density at radius 3 is 2.54 bits per heavy atom. The summed E-state index contributed by atoms with van der Waals surface area (Å²) in [6.45, 7) is 0. The third-order valence-electron chi connectivity index (χ3n) is 1.18. The quantitative estimate of drug-likeness (QED) is 0.689. The van der Waals surface area contributed by atoms with Crippen LogP contribution in [0.1, 0.15) is 0 Å². The number of hydrogen-bond donors (Lipinski definition) is 0. The van der Waals surface area contributed by atoms with Gasteiger partial charge in [0.1, 0.15) is 4.48 Å².